The molecule has 5 heteroatoms. The topological polar surface area (TPSA) is 49.0 Å². The van der Waals surface area contributed by atoms with Gasteiger partial charge in [0.05, 0.1) is 11.0 Å². The summed E-state index contributed by atoms with van der Waals surface area (Å²) in [6, 6.07) is 10.5. The average Bonchev–Trinajstić information content (AvgIpc) is 2.95. The van der Waals surface area contributed by atoms with Gasteiger partial charge in [-0.1, -0.05) is 13.8 Å². The van der Waals surface area contributed by atoms with Gasteiger partial charge in [-0.05, 0) is 42.0 Å². The fraction of sp³-hybridized carbons (Fsp3) is 0.263. The smallest absolute Gasteiger partial charge is 0.227 e. The maximum atomic E-state index is 13.4. The number of nitrogens with zero attached hydrogens (tertiary/aromatic N) is 2. The lowest BCUT2D eigenvalue weighted by Crippen LogP contribution is -2.39. The van der Waals surface area contributed by atoms with Gasteiger partial charge < -0.3 is 9.88 Å². The van der Waals surface area contributed by atoms with Gasteiger partial charge in [-0.15, -0.1) is 0 Å². The second-order valence-corrected chi connectivity index (χ2v) is 6.99. The van der Waals surface area contributed by atoms with E-state index in [1.807, 2.05) is 12.1 Å². The van der Waals surface area contributed by atoms with Crippen molar-refractivity contribution in [3.05, 3.63) is 47.8 Å². The summed E-state index contributed by atoms with van der Waals surface area (Å²) in [5, 5.41) is 0. The van der Waals surface area contributed by atoms with Gasteiger partial charge in [-0.25, -0.2) is 9.37 Å². The van der Waals surface area contributed by atoms with E-state index in [0.29, 0.717) is 17.8 Å². The Labute approximate surface area is 139 Å². The summed E-state index contributed by atoms with van der Waals surface area (Å²) in [6.45, 7) is 4.16. The number of imidazole rings is 1. The Morgan fingerprint density at radius 2 is 2.00 bits per heavy atom. The molecule has 1 amide bonds. The van der Waals surface area contributed by atoms with Crippen LogP contribution in [0.3, 0.4) is 0 Å². The van der Waals surface area contributed by atoms with Crippen molar-refractivity contribution in [3.8, 4) is 11.4 Å². The quantitative estimate of drug-likeness (QED) is 0.735. The molecule has 0 spiro atoms. The van der Waals surface area contributed by atoms with E-state index < -0.39 is 0 Å². The number of aromatic amines is 1. The van der Waals surface area contributed by atoms with E-state index in [1.54, 1.807) is 18.0 Å². The summed E-state index contributed by atoms with van der Waals surface area (Å²) in [7, 11) is 1.81. The number of fused-ring (bicyclic) bond motifs is 2. The first-order valence-electron chi connectivity index (χ1n) is 7.92. The van der Waals surface area contributed by atoms with Crippen LogP contribution in [0.2, 0.25) is 0 Å². The SMILES string of the molecule is CN1C(=O)CC(C)(C)c2cc(-c3nc4ccc(F)cc4[nH]3)ccc21. The molecular formula is C19H18FN3O. The molecule has 4 rings (SSSR count). The number of H-pyrrole nitrogens is 1. The van der Waals surface area contributed by atoms with Gasteiger partial charge in [0.25, 0.3) is 0 Å². The number of amides is 1. The van der Waals surface area contributed by atoms with E-state index in [1.165, 1.54) is 12.1 Å². The number of aromatic nitrogens is 2. The third-order valence-corrected chi connectivity index (χ3v) is 4.77. The number of benzene rings is 2. The molecule has 0 radical (unpaired) electrons. The lowest BCUT2D eigenvalue weighted by Gasteiger charge is -2.37. The molecule has 0 fully saturated rings. The first kappa shape index (κ1) is 14.9. The molecule has 0 unspecified atom stereocenters. The molecule has 0 saturated carbocycles. The first-order chi connectivity index (χ1) is 11.3. The van der Waals surface area contributed by atoms with Crippen LogP contribution >= 0.6 is 0 Å². The Balaban J connectivity index is 1.86. The zero-order valence-corrected chi connectivity index (χ0v) is 13.9. The van der Waals surface area contributed by atoms with E-state index in [0.717, 1.165) is 22.3 Å². The van der Waals surface area contributed by atoms with E-state index in [9.17, 15) is 9.18 Å². The summed E-state index contributed by atoms with van der Waals surface area (Å²) in [6.07, 6.45) is 0.477. The van der Waals surface area contributed by atoms with Crippen LogP contribution in [0.4, 0.5) is 10.1 Å². The number of carbonyl (C=O) groups is 1. The summed E-state index contributed by atoms with van der Waals surface area (Å²) < 4.78 is 13.4. The fourth-order valence-corrected chi connectivity index (χ4v) is 3.36. The molecule has 1 aromatic heterocycles. The van der Waals surface area contributed by atoms with Crippen LogP contribution in [0.15, 0.2) is 36.4 Å². The highest BCUT2D eigenvalue weighted by molar-refractivity contribution is 5.97. The molecule has 3 aromatic rings. The molecule has 122 valence electrons. The van der Waals surface area contributed by atoms with Gasteiger partial charge in [0.1, 0.15) is 11.6 Å². The molecular weight excluding hydrogens is 305 g/mol. The standard InChI is InChI=1S/C19H18FN3O/c1-19(2)10-17(24)23(3)16-7-4-11(8-13(16)19)18-21-14-6-5-12(20)9-15(14)22-18/h4-9H,10H2,1-3H3,(H,21,22). The Bertz CT molecular complexity index is 974. The average molecular weight is 323 g/mol. The maximum Gasteiger partial charge on any atom is 0.227 e. The molecule has 24 heavy (non-hydrogen) atoms. The number of rotatable bonds is 1. The summed E-state index contributed by atoms with van der Waals surface area (Å²) in [5.74, 6) is 0.539. The minimum Gasteiger partial charge on any atom is -0.338 e. The molecule has 4 nitrogen and oxygen atoms in total. The maximum absolute atomic E-state index is 13.4. The molecule has 2 heterocycles. The van der Waals surface area contributed by atoms with Gasteiger partial charge >= 0.3 is 0 Å². The first-order valence-corrected chi connectivity index (χ1v) is 7.92. The van der Waals surface area contributed by atoms with Gasteiger partial charge in [-0.3, -0.25) is 4.79 Å². The van der Waals surface area contributed by atoms with Crippen molar-refractivity contribution in [2.45, 2.75) is 25.7 Å². The van der Waals surface area contributed by atoms with Crippen LogP contribution in [0, 0.1) is 5.82 Å². The van der Waals surface area contributed by atoms with Crippen molar-refractivity contribution in [2.75, 3.05) is 11.9 Å². The number of halogens is 1. The van der Waals surface area contributed by atoms with Crippen molar-refractivity contribution in [1.29, 1.82) is 0 Å². The van der Waals surface area contributed by atoms with Gasteiger partial charge in [0, 0.05) is 30.1 Å². The Morgan fingerprint density at radius 3 is 2.79 bits per heavy atom. The van der Waals surface area contributed by atoms with Crippen molar-refractivity contribution in [2.24, 2.45) is 0 Å². The van der Waals surface area contributed by atoms with Crippen LogP contribution in [0.25, 0.3) is 22.4 Å². The number of carbonyl (C=O) groups excluding carboxylic acids is 1. The van der Waals surface area contributed by atoms with Crippen LogP contribution in [0.1, 0.15) is 25.8 Å². The molecule has 1 N–H and O–H groups in total. The lowest BCUT2D eigenvalue weighted by molar-refractivity contribution is -0.119. The predicted molar refractivity (Wildman–Crippen MR) is 92.5 cm³/mol. The van der Waals surface area contributed by atoms with Crippen molar-refractivity contribution in [3.63, 3.8) is 0 Å². The Hall–Kier alpha value is -2.69. The van der Waals surface area contributed by atoms with Crippen LogP contribution < -0.4 is 4.90 Å². The van der Waals surface area contributed by atoms with Crippen LogP contribution in [-0.2, 0) is 10.2 Å². The number of hydrogen-bond donors (Lipinski definition) is 1. The van der Waals surface area contributed by atoms with E-state index in [4.69, 9.17) is 0 Å². The van der Waals surface area contributed by atoms with E-state index >= 15 is 0 Å². The minimum atomic E-state index is -0.288. The largest absolute Gasteiger partial charge is 0.338 e. The molecule has 1 aliphatic heterocycles. The van der Waals surface area contributed by atoms with E-state index in [-0.39, 0.29) is 17.1 Å². The molecule has 1 aliphatic rings. The number of nitrogens with one attached hydrogen (secondary N) is 1. The second kappa shape index (κ2) is 4.90. The highest BCUT2D eigenvalue weighted by Gasteiger charge is 2.35. The molecule has 0 saturated heterocycles. The number of anilines is 1. The van der Waals surface area contributed by atoms with Crippen molar-refractivity contribution < 1.29 is 9.18 Å². The minimum absolute atomic E-state index is 0.125. The predicted octanol–water partition coefficient (Wildman–Crippen LogP) is 4.01. The third-order valence-electron chi connectivity index (χ3n) is 4.77. The zero-order chi connectivity index (χ0) is 17.1. The highest BCUT2D eigenvalue weighted by Crippen LogP contribution is 2.41. The summed E-state index contributed by atoms with van der Waals surface area (Å²) >= 11 is 0. The molecule has 0 atom stereocenters. The normalized spacial score (nSPS) is 16.5. The van der Waals surface area contributed by atoms with Crippen LogP contribution in [-0.4, -0.2) is 22.9 Å². The number of hydrogen-bond acceptors (Lipinski definition) is 2. The van der Waals surface area contributed by atoms with E-state index in [2.05, 4.69) is 29.9 Å². The molecule has 0 bridgehead atoms. The molecule has 2 aromatic carbocycles. The van der Waals surface area contributed by atoms with Gasteiger partial charge in [0.2, 0.25) is 5.91 Å². The van der Waals surface area contributed by atoms with Gasteiger partial charge in [0.15, 0.2) is 0 Å². The second-order valence-electron chi connectivity index (χ2n) is 6.99. The van der Waals surface area contributed by atoms with Gasteiger partial charge in [-0.2, -0.15) is 0 Å². The zero-order valence-electron chi connectivity index (χ0n) is 13.9. The fourth-order valence-electron chi connectivity index (χ4n) is 3.36. The third kappa shape index (κ3) is 2.19. The van der Waals surface area contributed by atoms with Crippen molar-refractivity contribution in [1.82, 2.24) is 9.97 Å². The Kier molecular flexibility index (Phi) is 3.04. The van der Waals surface area contributed by atoms with Crippen molar-refractivity contribution >= 4 is 22.6 Å². The van der Waals surface area contributed by atoms with Crippen LogP contribution in [0.5, 0.6) is 0 Å². The lowest BCUT2D eigenvalue weighted by atomic mass is 9.77. The summed E-state index contributed by atoms with van der Waals surface area (Å²) in [4.78, 5) is 21.6. The Morgan fingerprint density at radius 1 is 1.21 bits per heavy atom. The summed E-state index contributed by atoms with van der Waals surface area (Å²) in [5.41, 5.74) is 4.16. The molecule has 0 aliphatic carbocycles. The monoisotopic (exact) mass is 323 g/mol. The highest BCUT2D eigenvalue weighted by atomic mass is 19.1.